The second kappa shape index (κ2) is 5.91. The average molecular weight is 270 g/mol. The van der Waals surface area contributed by atoms with E-state index in [0.717, 1.165) is 6.42 Å². The Morgan fingerprint density at radius 2 is 2.00 bits per heavy atom. The van der Waals surface area contributed by atoms with Crippen LogP contribution >= 0.6 is 15.9 Å². The summed E-state index contributed by atoms with van der Waals surface area (Å²) >= 11 is 3.24. The first-order valence-corrected chi connectivity index (χ1v) is 6.05. The van der Waals surface area contributed by atoms with E-state index in [1.807, 2.05) is 19.1 Å². The molecule has 2 nitrogen and oxygen atoms in total. The minimum Gasteiger partial charge on any atom is -0.351 e. The zero-order valence-electron chi connectivity index (χ0n) is 9.09. The van der Waals surface area contributed by atoms with Crippen molar-refractivity contribution in [2.45, 2.75) is 31.6 Å². The lowest BCUT2D eigenvalue weighted by Gasteiger charge is -2.10. The molecule has 0 aromatic heterocycles. The fourth-order valence-corrected chi connectivity index (χ4v) is 1.56. The van der Waals surface area contributed by atoms with Gasteiger partial charge >= 0.3 is 0 Å². The van der Waals surface area contributed by atoms with Gasteiger partial charge in [-0.2, -0.15) is 0 Å². The number of carbonyl (C=O) groups excluding carboxylic acids is 1. The van der Waals surface area contributed by atoms with E-state index in [1.165, 1.54) is 11.1 Å². The van der Waals surface area contributed by atoms with Crippen molar-refractivity contribution in [3.05, 3.63) is 35.4 Å². The molecule has 0 saturated heterocycles. The lowest BCUT2D eigenvalue weighted by Crippen LogP contribution is -2.29. The molecular weight excluding hydrogens is 254 g/mol. The Bertz CT molecular complexity index is 336. The van der Waals surface area contributed by atoms with Crippen LogP contribution in [0.2, 0.25) is 0 Å². The van der Waals surface area contributed by atoms with E-state index in [0.29, 0.717) is 6.54 Å². The maximum absolute atomic E-state index is 11.4. The van der Waals surface area contributed by atoms with Gasteiger partial charge in [-0.25, -0.2) is 0 Å². The van der Waals surface area contributed by atoms with Crippen LogP contribution in [-0.4, -0.2) is 10.7 Å². The molecule has 0 fully saturated rings. The van der Waals surface area contributed by atoms with Gasteiger partial charge in [-0.05, 0) is 24.5 Å². The molecular formula is C12H16BrNO. The Morgan fingerprint density at radius 1 is 1.40 bits per heavy atom. The highest BCUT2D eigenvalue weighted by Gasteiger charge is 2.08. The maximum atomic E-state index is 11.4. The first-order valence-electron chi connectivity index (χ1n) is 5.13. The number of nitrogens with one attached hydrogen (secondary N) is 1. The molecule has 1 N–H and O–H groups in total. The highest BCUT2D eigenvalue weighted by Crippen LogP contribution is 2.09. The number of hydrogen-bond donors (Lipinski definition) is 1. The summed E-state index contributed by atoms with van der Waals surface area (Å²) in [4.78, 5) is 11.2. The Morgan fingerprint density at radius 3 is 2.53 bits per heavy atom. The van der Waals surface area contributed by atoms with Gasteiger partial charge in [0, 0.05) is 6.54 Å². The molecule has 15 heavy (non-hydrogen) atoms. The monoisotopic (exact) mass is 269 g/mol. The van der Waals surface area contributed by atoms with E-state index in [1.54, 1.807) is 0 Å². The predicted molar refractivity (Wildman–Crippen MR) is 66.1 cm³/mol. The Labute approximate surface area is 99.2 Å². The van der Waals surface area contributed by atoms with Gasteiger partial charge in [-0.15, -0.1) is 0 Å². The van der Waals surface area contributed by atoms with E-state index in [9.17, 15) is 4.79 Å². The molecule has 0 aliphatic carbocycles. The molecule has 0 saturated carbocycles. The van der Waals surface area contributed by atoms with E-state index >= 15 is 0 Å². The third-order valence-corrected chi connectivity index (χ3v) is 2.73. The highest BCUT2D eigenvalue weighted by molar-refractivity contribution is 9.10. The molecule has 1 amide bonds. The Hall–Kier alpha value is -0.830. The molecule has 0 aliphatic rings. The van der Waals surface area contributed by atoms with Gasteiger partial charge in [0.15, 0.2) is 0 Å². The molecule has 0 aliphatic heterocycles. The summed E-state index contributed by atoms with van der Waals surface area (Å²) in [5.74, 6) is 0.0286. The molecule has 1 aromatic rings. The summed E-state index contributed by atoms with van der Waals surface area (Å²) in [6.45, 7) is 4.55. The third kappa shape index (κ3) is 3.67. The zero-order chi connectivity index (χ0) is 11.3. The topological polar surface area (TPSA) is 29.1 Å². The summed E-state index contributed by atoms with van der Waals surface area (Å²) < 4.78 is 0. The standard InChI is InChI=1S/C12H16BrNO/c1-3-10-6-4-5-7-11(10)8-14-12(15)9(2)13/h4-7,9H,3,8H2,1-2H3,(H,14,15). The van der Waals surface area contributed by atoms with Gasteiger partial charge in [0.2, 0.25) is 5.91 Å². The number of hydrogen-bond acceptors (Lipinski definition) is 1. The van der Waals surface area contributed by atoms with Crippen LogP contribution in [0.4, 0.5) is 0 Å². The average Bonchev–Trinajstić information content (AvgIpc) is 2.26. The van der Waals surface area contributed by atoms with E-state index in [4.69, 9.17) is 0 Å². The lowest BCUT2D eigenvalue weighted by molar-refractivity contribution is -0.120. The molecule has 1 unspecified atom stereocenters. The summed E-state index contributed by atoms with van der Waals surface area (Å²) in [6, 6.07) is 8.17. The van der Waals surface area contributed by atoms with Gasteiger partial charge in [-0.1, -0.05) is 47.1 Å². The van der Waals surface area contributed by atoms with Crippen LogP contribution in [0, 0.1) is 0 Å². The van der Waals surface area contributed by atoms with Crippen LogP contribution in [0.25, 0.3) is 0 Å². The molecule has 0 bridgehead atoms. The van der Waals surface area contributed by atoms with Gasteiger partial charge in [0.25, 0.3) is 0 Å². The minimum atomic E-state index is -0.133. The van der Waals surface area contributed by atoms with Crippen molar-refractivity contribution in [2.75, 3.05) is 0 Å². The number of rotatable bonds is 4. The predicted octanol–water partition coefficient (Wildman–Crippen LogP) is 2.65. The lowest BCUT2D eigenvalue weighted by atomic mass is 10.1. The Balaban J connectivity index is 2.61. The second-order valence-corrected chi connectivity index (χ2v) is 4.83. The summed E-state index contributed by atoms with van der Waals surface area (Å²) in [6.07, 6.45) is 0.996. The quantitative estimate of drug-likeness (QED) is 0.837. The van der Waals surface area contributed by atoms with E-state index in [2.05, 4.69) is 40.3 Å². The molecule has 1 atom stereocenters. The number of carbonyl (C=O) groups is 1. The van der Waals surface area contributed by atoms with Crippen molar-refractivity contribution in [3.8, 4) is 0 Å². The largest absolute Gasteiger partial charge is 0.351 e. The number of benzene rings is 1. The second-order valence-electron chi connectivity index (χ2n) is 3.46. The van der Waals surface area contributed by atoms with Crippen LogP contribution in [-0.2, 0) is 17.8 Å². The number of amides is 1. The van der Waals surface area contributed by atoms with Gasteiger partial charge < -0.3 is 5.32 Å². The molecule has 0 heterocycles. The van der Waals surface area contributed by atoms with Gasteiger partial charge in [-0.3, -0.25) is 4.79 Å². The van der Waals surface area contributed by atoms with Crippen LogP contribution in [0.1, 0.15) is 25.0 Å². The van der Waals surface area contributed by atoms with Crippen molar-refractivity contribution in [1.82, 2.24) is 5.32 Å². The molecule has 0 spiro atoms. The number of aryl methyl sites for hydroxylation is 1. The van der Waals surface area contributed by atoms with Gasteiger partial charge in [0.1, 0.15) is 0 Å². The zero-order valence-corrected chi connectivity index (χ0v) is 10.7. The molecule has 82 valence electrons. The number of halogens is 1. The Kier molecular flexibility index (Phi) is 4.82. The van der Waals surface area contributed by atoms with E-state index < -0.39 is 0 Å². The summed E-state index contributed by atoms with van der Waals surface area (Å²) in [5.41, 5.74) is 2.49. The first-order chi connectivity index (χ1) is 7.15. The number of alkyl halides is 1. The summed E-state index contributed by atoms with van der Waals surface area (Å²) in [7, 11) is 0. The molecule has 1 aromatic carbocycles. The fraction of sp³-hybridized carbons (Fsp3) is 0.417. The van der Waals surface area contributed by atoms with Crippen LogP contribution in [0.15, 0.2) is 24.3 Å². The maximum Gasteiger partial charge on any atom is 0.233 e. The molecule has 0 radical (unpaired) electrons. The van der Waals surface area contributed by atoms with Crippen molar-refractivity contribution >= 4 is 21.8 Å². The van der Waals surface area contributed by atoms with Crippen molar-refractivity contribution in [1.29, 1.82) is 0 Å². The smallest absolute Gasteiger partial charge is 0.233 e. The van der Waals surface area contributed by atoms with Gasteiger partial charge in [0.05, 0.1) is 4.83 Å². The SMILES string of the molecule is CCc1ccccc1CNC(=O)C(C)Br. The van der Waals surface area contributed by atoms with Crippen molar-refractivity contribution in [3.63, 3.8) is 0 Å². The van der Waals surface area contributed by atoms with E-state index in [-0.39, 0.29) is 10.7 Å². The highest BCUT2D eigenvalue weighted by atomic mass is 79.9. The van der Waals surface area contributed by atoms with Crippen molar-refractivity contribution < 1.29 is 4.79 Å². The molecule has 3 heteroatoms. The van der Waals surface area contributed by atoms with Crippen LogP contribution in [0.3, 0.4) is 0 Å². The first kappa shape index (κ1) is 12.2. The minimum absolute atomic E-state index is 0.0286. The summed E-state index contributed by atoms with van der Waals surface area (Å²) in [5, 5.41) is 2.89. The van der Waals surface area contributed by atoms with Crippen molar-refractivity contribution in [2.24, 2.45) is 0 Å². The van der Waals surface area contributed by atoms with Crippen LogP contribution in [0.5, 0.6) is 0 Å². The third-order valence-electron chi connectivity index (χ3n) is 2.31. The van der Waals surface area contributed by atoms with Crippen LogP contribution < -0.4 is 5.32 Å². The fourth-order valence-electron chi connectivity index (χ4n) is 1.40. The normalized spacial score (nSPS) is 12.2. The molecule has 1 rings (SSSR count).